The molecular weight excluding hydrogens is 472 g/mol. The zero-order valence-corrected chi connectivity index (χ0v) is 21.4. The number of esters is 3. The van der Waals surface area contributed by atoms with Gasteiger partial charge in [-0.15, -0.1) is 0 Å². The molecule has 0 spiro atoms. The van der Waals surface area contributed by atoms with E-state index in [0.29, 0.717) is 16.7 Å². The quantitative estimate of drug-likeness (QED) is 0.324. The fourth-order valence-corrected chi connectivity index (χ4v) is 4.58. The number of nitrogens with zero attached hydrogens (tertiary/aromatic N) is 2. The van der Waals surface area contributed by atoms with Gasteiger partial charge in [-0.3, -0.25) is 19.2 Å². The lowest BCUT2D eigenvalue weighted by Crippen LogP contribution is -2.62. The summed E-state index contributed by atoms with van der Waals surface area (Å²) in [6.45, 7) is 6.82. The Morgan fingerprint density at radius 1 is 1.03 bits per heavy atom. The van der Waals surface area contributed by atoms with E-state index in [2.05, 4.69) is 0 Å². The van der Waals surface area contributed by atoms with Crippen LogP contribution in [0.3, 0.4) is 0 Å². The first-order valence-electron chi connectivity index (χ1n) is 11.4. The standard InChI is InChI=1S/C25H30N2O9/c1-8-12(2)25(32)34-11-18-20-16(9-17-24(31)26(6)10-19(30)27(17)18)21(35-14(4)28)13(3)22(33-7)23(20)36-15(5)29/h8,17-18H,9-11H2,1-7H3/b12-8-/t17-,18-/m0/s1. The summed E-state index contributed by atoms with van der Waals surface area (Å²) in [6, 6.07) is -1.96. The summed E-state index contributed by atoms with van der Waals surface area (Å²) in [4.78, 5) is 65.6. The minimum absolute atomic E-state index is 0.00911. The molecule has 1 aromatic rings. The van der Waals surface area contributed by atoms with Crippen molar-refractivity contribution in [1.82, 2.24) is 9.80 Å². The SMILES string of the molecule is C/C=C(/C)C(=O)OC[C@H]1c2c(c(OC(C)=O)c(C)c(OC)c2OC(C)=O)C[C@H]2C(=O)N(C)CC(=O)N21. The predicted molar refractivity (Wildman–Crippen MR) is 125 cm³/mol. The molecular formula is C25H30N2O9. The van der Waals surface area contributed by atoms with Crippen LogP contribution in [0, 0.1) is 6.92 Å². The monoisotopic (exact) mass is 502 g/mol. The lowest BCUT2D eigenvalue weighted by molar-refractivity contribution is -0.161. The molecule has 2 amide bonds. The Morgan fingerprint density at radius 3 is 2.19 bits per heavy atom. The van der Waals surface area contributed by atoms with Crippen molar-refractivity contribution < 1.29 is 42.9 Å². The van der Waals surface area contributed by atoms with Crippen LogP contribution in [0.2, 0.25) is 0 Å². The normalized spacial score (nSPS) is 19.4. The fraction of sp³-hybridized carbons (Fsp3) is 0.480. The highest BCUT2D eigenvalue weighted by molar-refractivity contribution is 5.96. The largest absolute Gasteiger partial charge is 0.492 e. The Hall–Kier alpha value is -3.89. The van der Waals surface area contributed by atoms with Gasteiger partial charge in [0.1, 0.15) is 18.4 Å². The molecule has 11 heteroatoms. The number of ether oxygens (including phenoxy) is 4. The van der Waals surface area contributed by atoms with Crippen LogP contribution >= 0.6 is 0 Å². The molecule has 2 heterocycles. The second-order valence-electron chi connectivity index (χ2n) is 8.70. The lowest BCUT2D eigenvalue weighted by Gasteiger charge is -2.47. The third-order valence-corrected chi connectivity index (χ3v) is 6.28. The maximum Gasteiger partial charge on any atom is 0.333 e. The van der Waals surface area contributed by atoms with Gasteiger partial charge in [0.15, 0.2) is 11.5 Å². The summed E-state index contributed by atoms with van der Waals surface area (Å²) in [7, 11) is 2.88. The highest BCUT2D eigenvalue weighted by Gasteiger charge is 2.49. The number of amides is 2. The molecule has 2 atom stereocenters. The Morgan fingerprint density at radius 2 is 1.64 bits per heavy atom. The average molecular weight is 503 g/mol. The smallest absolute Gasteiger partial charge is 0.333 e. The molecule has 11 nitrogen and oxygen atoms in total. The van der Waals surface area contributed by atoms with Crippen molar-refractivity contribution in [1.29, 1.82) is 0 Å². The van der Waals surface area contributed by atoms with E-state index in [1.165, 1.54) is 37.8 Å². The van der Waals surface area contributed by atoms with Gasteiger partial charge in [-0.2, -0.15) is 0 Å². The van der Waals surface area contributed by atoms with E-state index in [4.69, 9.17) is 18.9 Å². The van der Waals surface area contributed by atoms with Gasteiger partial charge in [0.05, 0.1) is 19.7 Å². The minimum atomic E-state index is -1.02. The lowest BCUT2D eigenvalue weighted by atomic mass is 9.83. The molecule has 3 rings (SSSR count). The Labute approximate surface area is 208 Å². The van der Waals surface area contributed by atoms with Crippen molar-refractivity contribution in [3.8, 4) is 17.2 Å². The molecule has 0 N–H and O–H groups in total. The van der Waals surface area contributed by atoms with E-state index >= 15 is 0 Å². The third kappa shape index (κ3) is 4.77. The molecule has 2 aliphatic heterocycles. The molecule has 2 aliphatic rings. The number of piperazine rings is 1. The number of fused-ring (bicyclic) bond motifs is 2. The van der Waals surface area contributed by atoms with Crippen molar-refractivity contribution in [3.63, 3.8) is 0 Å². The van der Waals surface area contributed by atoms with Crippen LogP contribution < -0.4 is 14.2 Å². The van der Waals surface area contributed by atoms with Gasteiger partial charge < -0.3 is 28.7 Å². The maximum atomic E-state index is 13.2. The average Bonchev–Trinajstić information content (AvgIpc) is 2.81. The Kier molecular flexibility index (Phi) is 7.71. The van der Waals surface area contributed by atoms with E-state index < -0.39 is 30.0 Å². The van der Waals surface area contributed by atoms with Crippen LogP contribution in [0.4, 0.5) is 0 Å². The number of carbonyl (C=O) groups is 5. The molecule has 0 aliphatic carbocycles. The summed E-state index contributed by atoms with van der Waals surface area (Å²) < 4.78 is 22.1. The molecule has 1 aromatic carbocycles. The number of rotatable bonds is 6. The number of methoxy groups -OCH3 is 1. The Balaban J connectivity index is 2.33. The van der Waals surface area contributed by atoms with Crippen LogP contribution in [-0.2, 0) is 35.1 Å². The van der Waals surface area contributed by atoms with Crippen LogP contribution in [0.5, 0.6) is 17.2 Å². The van der Waals surface area contributed by atoms with Crippen LogP contribution in [-0.4, -0.2) is 72.9 Å². The first kappa shape index (κ1) is 26.7. The number of likely N-dealkylation sites (N-methyl/N-ethyl adjacent to an activating group) is 1. The molecule has 0 saturated carbocycles. The number of allylic oxidation sites excluding steroid dienone is 1. The fourth-order valence-electron chi connectivity index (χ4n) is 4.58. The van der Waals surface area contributed by atoms with Crippen molar-refractivity contribution in [3.05, 3.63) is 28.3 Å². The van der Waals surface area contributed by atoms with E-state index in [1.807, 2.05) is 0 Å². The summed E-state index contributed by atoms with van der Waals surface area (Å²) in [5.41, 5.74) is 1.39. The summed E-state index contributed by atoms with van der Waals surface area (Å²) in [5.74, 6) is -2.31. The minimum Gasteiger partial charge on any atom is -0.492 e. The molecule has 0 bridgehead atoms. The van der Waals surface area contributed by atoms with Gasteiger partial charge in [-0.1, -0.05) is 6.08 Å². The van der Waals surface area contributed by atoms with Gasteiger partial charge >= 0.3 is 17.9 Å². The summed E-state index contributed by atoms with van der Waals surface area (Å²) >= 11 is 0. The molecule has 0 unspecified atom stereocenters. The second-order valence-corrected chi connectivity index (χ2v) is 8.70. The highest BCUT2D eigenvalue weighted by Crippen LogP contribution is 2.51. The topological polar surface area (TPSA) is 129 Å². The molecule has 1 fully saturated rings. The van der Waals surface area contributed by atoms with Gasteiger partial charge in [0, 0.05) is 49.6 Å². The molecule has 36 heavy (non-hydrogen) atoms. The number of hydrogen-bond donors (Lipinski definition) is 0. The van der Waals surface area contributed by atoms with Gasteiger partial charge in [0.25, 0.3) is 0 Å². The van der Waals surface area contributed by atoms with E-state index in [0.717, 1.165) is 0 Å². The number of carbonyl (C=O) groups excluding carboxylic acids is 5. The second kappa shape index (κ2) is 10.4. The molecule has 0 radical (unpaired) electrons. The van der Waals surface area contributed by atoms with Crippen molar-refractivity contribution in [2.24, 2.45) is 0 Å². The van der Waals surface area contributed by atoms with Crippen LogP contribution in [0.25, 0.3) is 0 Å². The molecule has 0 aromatic heterocycles. The van der Waals surface area contributed by atoms with Gasteiger partial charge in [-0.25, -0.2) is 4.79 Å². The van der Waals surface area contributed by atoms with Crippen molar-refractivity contribution in [2.45, 2.75) is 53.1 Å². The van der Waals surface area contributed by atoms with Gasteiger partial charge in [-0.05, 0) is 20.8 Å². The predicted octanol–water partition coefficient (Wildman–Crippen LogP) is 1.63. The Bertz CT molecular complexity index is 1170. The summed E-state index contributed by atoms with van der Waals surface area (Å²) in [5, 5.41) is 0. The molecule has 1 saturated heterocycles. The molecule has 194 valence electrons. The first-order chi connectivity index (χ1) is 16.9. The van der Waals surface area contributed by atoms with Crippen LogP contribution in [0.15, 0.2) is 11.6 Å². The number of hydrogen-bond acceptors (Lipinski definition) is 9. The zero-order valence-electron chi connectivity index (χ0n) is 21.4. The van der Waals surface area contributed by atoms with Crippen LogP contribution in [0.1, 0.15) is 50.4 Å². The van der Waals surface area contributed by atoms with E-state index in [1.54, 1.807) is 26.8 Å². The maximum absolute atomic E-state index is 13.2. The van der Waals surface area contributed by atoms with Crippen molar-refractivity contribution in [2.75, 3.05) is 27.3 Å². The van der Waals surface area contributed by atoms with Gasteiger partial charge in [0.2, 0.25) is 11.8 Å². The highest BCUT2D eigenvalue weighted by atomic mass is 16.6. The summed E-state index contributed by atoms with van der Waals surface area (Å²) in [6.07, 6.45) is 1.57. The van der Waals surface area contributed by atoms with E-state index in [-0.39, 0.29) is 54.2 Å². The third-order valence-electron chi connectivity index (χ3n) is 6.28. The van der Waals surface area contributed by atoms with Crippen molar-refractivity contribution >= 4 is 29.7 Å². The van der Waals surface area contributed by atoms with E-state index in [9.17, 15) is 24.0 Å². The first-order valence-corrected chi connectivity index (χ1v) is 11.4. The zero-order chi connectivity index (χ0) is 26.9. The number of benzene rings is 1.